The summed E-state index contributed by atoms with van der Waals surface area (Å²) in [5.41, 5.74) is 0. The van der Waals surface area contributed by atoms with Gasteiger partial charge in [-0.25, -0.2) is 0 Å². The molecule has 3 fully saturated rings. The molecule has 3 saturated heterocycles. The molecule has 19 nitrogen and oxygen atoms in total. The maximum atomic E-state index is 12.9. The van der Waals surface area contributed by atoms with E-state index in [0.717, 1.165) is 51.4 Å². The van der Waals surface area contributed by atoms with E-state index in [1.54, 1.807) is 12.2 Å². The molecule has 1 amide bonds. The first-order valence-corrected chi connectivity index (χ1v) is 21.1. The Hall–Kier alpha value is -1.73. The van der Waals surface area contributed by atoms with Gasteiger partial charge in [-0.2, -0.15) is 0 Å². The van der Waals surface area contributed by atoms with Crippen molar-refractivity contribution >= 4 is 5.91 Å². The summed E-state index contributed by atoms with van der Waals surface area (Å²) in [5, 5.41) is 118. The zero-order chi connectivity index (χ0) is 43.5. The molecule has 17 atom stereocenters. The van der Waals surface area contributed by atoms with Gasteiger partial charge in [-0.3, -0.25) is 4.79 Å². The Labute approximate surface area is 346 Å². The summed E-state index contributed by atoms with van der Waals surface area (Å²) in [4.78, 5) is 12.9. The molecule has 0 spiro atoms. The summed E-state index contributed by atoms with van der Waals surface area (Å²) in [5.74, 6) is -0.306. The van der Waals surface area contributed by atoms with Gasteiger partial charge in [0.2, 0.25) is 5.91 Å². The summed E-state index contributed by atoms with van der Waals surface area (Å²) in [7, 11) is 0. The van der Waals surface area contributed by atoms with Gasteiger partial charge in [0.15, 0.2) is 18.9 Å². The number of carbonyl (C=O) groups is 1. The Kier molecular flexibility index (Phi) is 23.9. The second kappa shape index (κ2) is 27.4. The number of hydrogen-bond acceptors (Lipinski definition) is 18. The van der Waals surface area contributed by atoms with Crippen LogP contribution in [0, 0.1) is 0 Å². The molecule has 3 rings (SSSR count). The fourth-order valence-electron chi connectivity index (χ4n) is 7.08. The standard InChI is InChI=1S/C40H71NO18/c1-3-5-7-9-10-11-12-14-15-17-24(45)23(41-28(46)18-16-13-8-6-4-2)22-54-38-34(52)31(49)36(26(20-43)56-38)59-40-35(53)32(50)37(27(21-44)57-40)58-39-33(51)30(48)29(47)25(19-42)55-39/h10-11,15,17,23-27,29-40,42-45,47-53H,3-9,12-14,16,18-22H2,1-2H3,(H,41,46)/b11-10+,17-15+. The first kappa shape index (κ1) is 51.6. The Morgan fingerprint density at radius 3 is 1.68 bits per heavy atom. The number of aliphatic hydroxyl groups excluding tert-OH is 11. The van der Waals surface area contributed by atoms with Crippen LogP contribution in [-0.2, 0) is 33.2 Å². The third-order valence-electron chi connectivity index (χ3n) is 10.8. The Morgan fingerprint density at radius 1 is 0.593 bits per heavy atom. The molecule has 19 heteroatoms. The largest absolute Gasteiger partial charge is 0.394 e. The molecule has 0 saturated carbocycles. The topological polar surface area (TPSA) is 307 Å². The van der Waals surface area contributed by atoms with Crippen LogP contribution in [0.3, 0.4) is 0 Å². The van der Waals surface area contributed by atoms with Crippen molar-refractivity contribution in [2.24, 2.45) is 0 Å². The summed E-state index contributed by atoms with van der Waals surface area (Å²) in [6.07, 6.45) is -8.47. The number of nitrogens with one attached hydrogen (secondary N) is 1. The number of hydrogen-bond donors (Lipinski definition) is 12. The fraction of sp³-hybridized carbons (Fsp3) is 0.875. The number of amides is 1. The molecule has 3 aliphatic heterocycles. The molecule has 59 heavy (non-hydrogen) atoms. The lowest BCUT2D eigenvalue weighted by Crippen LogP contribution is -2.66. The van der Waals surface area contributed by atoms with Gasteiger partial charge in [-0.1, -0.05) is 76.7 Å². The highest BCUT2D eigenvalue weighted by Gasteiger charge is 2.53. The Balaban J connectivity index is 1.64. The highest BCUT2D eigenvalue weighted by molar-refractivity contribution is 5.76. The number of unbranched alkanes of at least 4 members (excludes halogenated alkanes) is 8. The molecule has 344 valence electrons. The SMILES string of the molecule is CCCCC/C=C/CC/C=C/C(O)C(COC1OC(CO)C(OC2OC(CO)C(OC3OC(CO)C(O)C(O)C3O)C(O)C2O)C(O)C1O)NC(=O)CCCCCCC. The van der Waals surface area contributed by atoms with Crippen LogP contribution in [0.1, 0.15) is 90.9 Å². The molecule has 0 radical (unpaired) electrons. The third kappa shape index (κ3) is 15.5. The van der Waals surface area contributed by atoms with Gasteiger partial charge in [-0.15, -0.1) is 0 Å². The maximum absolute atomic E-state index is 12.9. The van der Waals surface area contributed by atoms with E-state index in [1.165, 1.54) is 6.42 Å². The summed E-state index contributed by atoms with van der Waals surface area (Å²) < 4.78 is 33.8. The predicted molar refractivity (Wildman–Crippen MR) is 208 cm³/mol. The maximum Gasteiger partial charge on any atom is 0.220 e. The molecule has 17 unspecified atom stereocenters. The van der Waals surface area contributed by atoms with Crippen molar-refractivity contribution in [3.63, 3.8) is 0 Å². The van der Waals surface area contributed by atoms with Crippen LogP contribution in [0.25, 0.3) is 0 Å². The van der Waals surface area contributed by atoms with Gasteiger partial charge < -0.3 is 89.9 Å². The van der Waals surface area contributed by atoms with Crippen LogP contribution in [-0.4, -0.2) is 193 Å². The molecule has 0 aliphatic carbocycles. The summed E-state index contributed by atoms with van der Waals surface area (Å²) in [6, 6.07) is -0.977. The van der Waals surface area contributed by atoms with Crippen molar-refractivity contribution in [1.82, 2.24) is 5.32 Å². The average Bonchev–Trinajstić information content (AvgIpc) is 3.23. The first-order chi connectivity index (χ1) is 28.3. The zero-order valence-electron chi connectivity index (χ0n) is 34.2. The summed E-state index contributed by atoms with van der Waals surface area (Å²) >= 11 is 0. The zero-order valence-corrected chi connectivity index (χ0v) is 34.2. The minimum atomic E-state index is -1.97. The van der Waals surface area contributed by atoms with E-state index in [-0.39, 0.29) is 18.9 Å². The van der Waals surface area contributed by atoms with E-state index in [0.29, 0.717) is 12.8 Å². The second-order valence-corrected chi connectivity index (χ2v) is 15.4. The lowest BCUT2D eigenvalue weighted by atomic mass is 9.96. The number of aliphatic hydroxyl groups is 11. The quantitative estimate of drug-likeness (QED) is 0.0335. The van der Waals surface area contributed by atoms with Crippen LogP contribution in [0.4, 0.5) is 0 Å². The first-order valence-electron chi connectivity index (χ1n) is 21.1. The van der Waals surface area contributed by atoms with E-state index in [4.69, 9.17) is 28.4 Å². The molecule has 0 aromatic heterocycles. The molecular formula is C40H71NO18. The molecule has 3 aliphatic rings. The van der Waals surface area contributed by atoms with Gasteiger partial charge in [-0.05, 0) is 32.1 Å². The van der Waals surface area contributed by atoms with Crippen LogP contribution >= 0.6 is 0 Å². The van der Waals surface area contributed by atoms with E-state index in [1.807, 2.05) is 0 Å². The van der Waals surface area contributed by atoms with E-state index < -0.39 is 124 Å². The molecule has 0 aromatic carbocycles. The molecule has 3 heterocycles. The van der Waals surface area contributed by atoms with Gasteiger partial charge >= 0.3 is 0 Å². The van der Waals surface area contributed by atoms with Crippen molar-refractivity contribution in [2.75, 3.05) is 26.4 Å². The van der Waals surface area contributed by atoms with E-state index in [9.17, 15) is 61.0 Å². The number of allylic oxidation sites excluding steroid dienone is 3. The van der Waals surface area contributed by atoms with Crippen LogP contribution < -0.4 is 5.32 Å². The Bertz CT molecular complexity index is 1210. The highest BCUT2D eigenvalue weighted by atomic mass is 16.8. The number of rotatable bonds is 26. The van der Waals surface area contributed by atoms with E-state index >= 15 is 0 Å². The van der Waals surface area contributed by atoms with Crippen molar-refractivity contribution in [2.45, 2.75) is 195 Å². The third-order valence-corrected chi connectivity index (χ3v) is 10.8. The lowest BCUT2D eigenvalue weighted by Gasteiger charge is -2.48. The second-order valence-electron chi connectivity index (χ2n) is 15.4. The molecule has 0 aromatic rings. The highest BCUT2D eigenvalue weighted by Crippen LogP contribution is 2.32. The number of ether oxygens (including phenoxy) is 6. The van der Waals surface area contributed by atoms with E-state index in [2.05, 4.69) is 31.3 Å². The molecular weight excluding hydrogens is 782 g/mol. The predicted octanol–water partition coefficient (Wildman–Crippen LogP) is -1.87. The average molecular weight is 854 g/mol. The van der Waals surface area contributed by atoms with Gasteiger partial charge in [0.25, 0.3) is 0 Å². The molecule has 12 N–H and O–H groups in total. The number of carbonyl (C=O) groups excluding carboxylic acids is 1. The van der Waals surface area contributed by atoms with Crippen molar-refractivity contribution in [3.8, 4) is 0 Å². The minimum absolute atomic E-state index is 0.230. The van der Waals surface area contributed by atoms with Crippen molar-refractivity contribution in [3.05, 3.63) is 24.3 Å². The minimum Gasteiger partial charge on any atom is -0.394 e. The molecule has 0 bridgehead atoms. The smallest absolute Gasteiger partial charge is 0.220 e. The summed E-state index contributed by atoms with van der Waals surface area (Å²) in [6.45, 7) is 1.45. The van der Waals surface area contributed by atoms with Crippen LogP contribution in [0.5, 0.6) is 0 Å². The van der Waals surface area contributed by atoms with Gasteiger partial charge in [0.05, 0.1) is 38.6 Å². The van der Waals surface area contributed by atoms with Gasteiger partial charge in [0, 0.05) is 6.42 Å². The fourth-order valence-corrected chi connectivity index (χ4v) is 7.08. The monoisotopic (exact) mass is 853 g/mol. The lowest BCUT2D eigenvalue weighted by molar-refractivity contribution is -0.379. The van der Waals surface area contributed by atoms with Crippen molar-refractivity contribution < 1.29 is 89.4 Å². The van der Waals surface area contributed by atoms with Crippen LogP contribution in [0.15, 0.2) is 24.3 Å². The van der Waals surface area contributed by atoms with Gasteiger partial charge in [0.1, 0.15) is 73.2 Å². The Morgan fingerprint density at radius 2 is 1.08 bits per heavy atom. The van der Waals surface area contributed by atoms with Crippen molar-refractivity contribution in [1.29, 1.82) is 0 Å². The van der Waals surface area contributed by atoms with Crippen LogP contribution in [0.2, 0.25) is 0 Å². The normalized spacial score (nSPS) is 36.6.